The van der Waals surface area contributed by atoms with Gasteiger partial charge in [0, 0.05) is 32.2 Å². The first-order valence-corrected chi connectivity index (χ1v) is 10.1. The number of nitrogens with one attached hydrogen (secondary N) is 3. The number of ether oxygens (including phenoxy) is 2. The van der Waals surface area contributed by atoms with Crippen LogP contribution in [0, 0.1) is 0 Å². The van der Waals surface area contributed by atoms with Gasteiger partial charge in [-0.25, -0.2) is 0 Å². The predicted octanol–water partition coefficient (Wildman–Crippen LogP) is 2.40. The van der Waals surface area contributed by atoms with Crippen molar-refractivity contribution < 1.29 is 14.3 Å². The lowest BCUT2D eigenvalue weighted by molar-refractivity contribution is 0.0963. The normalized spacial score (nSPS) is 11.0. The molecule has 0 atom stereocenters. The fraction of sp³-hybridized carbons (Fsp3) is 0.391. The quantitative estimate of drug-likeness (QED) is 0.412. The summed E-state index contributed by atoms with van der Waals surface area (Å²) >= 11 is 0. The number of hydrogen-bond donors (Lipinski definition) is 3. The fourth-order valence-corrected chi connectivity index (χ4v) is 3.01. The van der Waals surface area contributed by atoms with Crippen LogP contribution in [0.1, 0.15) is 28.4 Å². The third-order valence-corrected chi connectivity index (χ3v) is 4.58. The molecule has 1 amide bonds. The van der Waals surface area contributed by atoms with E-state index in [1.807, 2.05) is 49.4 Å². The molecule has 7 nitrogen and oxygen atoms in total. The molecule has 0 spiro atoms. The van der Waals surface area contributed by atoms with E-state index in [0.717, 1.165) is 54.5 Å². The average Bonchev–Trinajstić information content (AvgIpc) is 2.78. The zero-order chi connectivity index (χ0) is 21.8. The minimum atomic E-state index is -0.0742. The van der Waals surface area contributed by atoms with Crippen molar-refractivity contribution in [1.82, 2.24) is 16.0 Å². The highest BCUT2D eigenvalue weighted by Gasteiger charge is 2.06. The van der Waals surface area contributed by atoms with E-state index in [0.29, 0.717) is 12.1 Å². The molecule has 0 saturated heterocycles. The maximum atomic E-state index is 11.8. The molecule has 0 aromatic heterocycles. The van der Waals surface area contributed by atoms with Gasteiger partial charge in [0.05, 0.1) is 14.2 Å². The lowest BCUT2D eigenvalue weighted by Gasteiger charge is -2.12. The minimum absolute atomic E-state index is 0.0742. The van der Waals surface area contributed by atoms with Crippen LogP contribution >= 0.6 is 0 Å². The summed E-state index contributed by atoms with van der Waals surface area (Å²) in [6.45, 7) is 4.20. The van der Waals surface area contributed by atoms with Crippen LogP contribution in [0.15, 0.2) is 47.5 Å². The topological polar surface area (TPSA) is 84.0 Å². The Hall–Kier alpha value is -3.22. The number of nitrogens with zero attached hydrogens (tertiary/aromatic N) is 1. The summed E-state index contributed by atoms with van der Waals surface area (Å²) in [5.74, 6) is 2.15. The number of amides is 1. The standard InChI is InChI=1S/C23H32N4O3/c1-5-25-23(26-13-11-17-7-6-8-19(15-17)22(28)24-2)27-14-12-18-9-10-20(29-3)21(16-18)30-4/h6-10,15-16H,5,11-14H2,1-4H3,(H,24,28)(H2,25,26,27). The average molecular weight is 413 g/mol. The van der Waals surface area contributed by atoms with Crippen molar-refractivity contribution in [3.05, 3.63) is 59.2 Å². The SMILES string of the molecule is CCNC(=NCCc1ccc(OC)c(OC)c1)NCCc1cccc(C(=O)NC)c1. The molecule has 0 fully saturated rings. The predicted molar refractivity (Wildman–Crippen MR) is 121 cm³/mol. The van der Waals surface area contributed by atoms with Gasteiger partial charge in [-0.2, -0.15) is 0 Å². The monoisotopic (exact) mass is 412 g/mol. The second kappa shape index (κ2) is 12.4. The summed E-state index contributed by atoms with van der Waals surface area (Å²) in [4.78, 5) is 16.4. The zero-order valence-electron chi connectivity index (χ0n) is 18.2. The Morgan fingerprint density at radius 2 is 1.73 bits per heavy atom. The van der Waals surface area contributed by atoms with Gasteiger partial charge < -0.3 is 25.4 Å². The number of guanidine groups is 1. The second-order valence-corrected chi connectivity index (χ2v) is 6.66. The van der Waals surface area contributed by atoms with Gasteiger partial charge in [0.1, 0.15) is 0 Å². The molecule has 0 saturated carbocycles. The summed E-state index contributed by atoms with van der Waals surface area (Å²) in [6.07, 6.45) is 1.59. The van der Waals surface area contributed by atoms with E-state index in [1.165, 1.54) is 0 Å². The third kappa shape index (κ3) is 6.99. The van der Waals surface area contributed by atoms with Gasteiger partial charge in [0.15, 0.2) is 17.5 Å². The molecular formula is C23H32N4O3. The van der Waals surface area contributed by atoms with Gasteiger partial charge in [-0.05, 0) is 55.2 Å². The van der Waals surface area contributed by atoms with Crippen LogP contribution in [0.3, 0.4) is 0 Å². The molecular weight excluding hydrogens is 380 g/mol. The first-order chi connectivity index (χ1) is 14.6. The first-order valence-electron chi connectivity index (χ1n) is 10.1. The fourth-order valence-electron chi connectivity index (χ4n) is 3.01. The van der Waals surface area contributed by atoms with Crippen molar-refractivity contribution in [2.24, 2.45) is 4.99 Å². The largest absolute Gasteiger partial charge is 0.493 e. The van der Waals surface area contributed by atoms with Crippen molar-refractivity contribution in [3.63, 3.8) is 0 Å². The molecule has 0 aliphatic rings. The lowest BCUT2D eigenvalue weighted by Crippen LogP contribution is -2.38. The number of aliphatic imine (C=N–C) groups is 1. The van der Waals surface area contributed by atoms with Gasteiger partial charge in [-0.3, -0.25) is 9.79 Å². The van der Waals surface area contributed by atoms with E-state index in [4.69, 9.17) is 9.47 Å². The van der Waals surface area contributed by atoms with Crippen LogP contribution in [0.2, 0.25) is 0 Å². The Labute approximate surface area is 178 Å². The second-order valence-electron chi connectivity index (χ2n) is 6.66. The highest BCUT2D eigenvalue weighted by molar-refractivity contribution is 5.94. The molecule has 0 aliphatic heterocycles. The summed E-state index contributed by atoms with van der Waals surface area (Å²) < 4.78 is 10.6. The number of hydrogen-bond acceptors (Lipinski definition) is 4. The van der Waals surface area contributed by atoms with Crippen LogP contribution in [0.4, 0.5) is 0 Å². The highest BCUT2D eigenvalue weighted by Crippen LogP contribution is 2.27. The lowest BCUT2D eigenvalue weighted by atomic mass is 10.1. The van der Waals surface area contributed by atoms with E-state index < -0.39 is 0 Å². The van der Waals surface area contributed by atoms with E-state index >= 15 is 0 Å². The molecule has 162 valence electrons. The number of carbonyl (C=O) groups is 1. The first kappa shape index (κ1) is 23.1. The van der Waals surface area contributed by atoms with Crippen molar-refractivity contribution in [1.29, 1.82) is 0 Å². The van der Waals surface area contributed by atoms with Gasteiger partial charge >= 0.3 is 0 Å². The third-order valence-electron chi connectivity index (χ3n) is 4.58. The molecule has 0 heterocycles. The maximum Gasteiger partial charge on any atom is 0.251 e. The van der Waals surface area contributed by atoms with Gasteiger partial charge in [-0.1, -0.05) is 18.2 Å². The number of methoxy groups -OCH3 is 2. The van der Waals surface area contributed by atoms with Gasteiger partial charge in [-0.15, -0.1) is 0 Å². The van der Waals surface area contributed by atoms with E-state index in [1.54, 1.807) is 21.3 Å². The molecule has 0 aliphatic carbocycles. The van der Waals surface area contributed by atoms with Gasteiger partial charge in [0.2, 0.25) is 0 Å². The Kier molecular flexibility index (Phi) is 9.51. The van der Waals surface area contributed by atoms with Crippen LogP contribution in [0.5, 0.6) is 11.5 Å². The van der Waals surface area contributed by atoms with E-state index in [9.17, 15) is 4.79 Å². The minimum Gasteiger partial charge on any atom is -0.493 e. The van der Waals surface area contributed by atoms with Crippen LogP contribution in [-0.2, 0) is 12.8 Å². The number of carbonyl (C=O) groups excluding carboxylic acids is 1. The summed E-state index contributed by atoms with van der Waals surface area (Å²) in [6, 6.07) is 13.6. The summed E-state index contributed by atoms with van der Waals surface area (Å²) in [5, 5.41) is 9.27. The highest BCUT2D eigenvalue weighted by atomic mass is 16.5. The Bertz CT molecular complexity index is 852. The molecule has 2 aromatic carbocycles. The van der Waals surface area contributed by atoms with Gasteiger partial charge in [0.25, 0.3) is 5.91 Å². The molecule has 3 N–H and O–H groups in total. The van der Waals surface area contributed by atoms with Crippen LogP contribution in [-0.4, -0.2) is 52.8 Å². The van der Waals surface area contributed by atoms with Crippen molar-refractivity contribution >= 4 is 11.9 Å². The Morgan fingerprint density at radius 3 is 2.43 bits per heavy atom. The molecule has 0 radical (unpaired) electrons. The molecule has 2 aromatic rings. The molecule has 0 bridgehead atoms. The Morgan fingerprint density at radius 1 is 0.967 bits per heavy atom. The van der Waals surface area contributed by atoms with Crippen LogP contribution < -0.4 is 25.4 Å². The Balaban J connectivity index is 1.89. The zero-order valence-corrected chi connectivity index (χ0v) is 18.2. The summed E-state index contributed by atoms with van der Waals surface area (Å²) in [7, 11) is 4.90. The van der Waals surface area contributed by atoms with E-state index in [-0.39, 0.29) is 5.91 Å². The molecule has 30 heavy (non-hydrogen) atoms. The van der Waals surface area contributed by atoms with E-state index in [2.05, 4.69) is 20.9 Å². The van der Waals surface area contributed by atoms with Crippen molar-refractivity contribution in [2.45, 2.75) is 19.8 Å². The number of rotatable bonds is 10. The smallest absolute Gasteiger partial charge is 0.251 e. The summed E-state index contributed by atoms with van der Waals surface area (Å²) in [5.41, 5.74) is 2.91. The molecule has 7 heteroatoms. The maximum absolute atomic E-state index is 11.8. The van der Waals surface area contributed by atoms with Crippen LogP contribution in [0.25, 0.3) is 0 Å². The molecule has 2 rings (SSSR count). The molecule has 0 unspecified atom stereocenters. The van der Waals surface area contributed by atoms with Crippen molar-refractivity contribution in [2.75, 3.05) is 40.9 Å². The number of benzene rings is 2. The van der Waals surface area contributed by atoms with Crippen molar-refractivity contribution in [3.8, 4) is 11.5 Å².